The summed E-state index contributed by atoms with van der Waals surface area (Å²) < 4.78 is 23.0. The Kier molecular flexibility index (Phi) is 3.77. The Bertz CT molecular complexity index is 650. The van der Waals surface area contributed by atoms with Gasteiger partial charge in [0.2, 0.25) is 5.91 Å². The molecule has 1 saturated heterocycles. The number of hydrogen-bond donors (Lipinski definition) is 1. The molecule has 1 aliphatic carbocycles. The minimum absolute atomic E-state index is 0.00511. The fourth-order valence-electron chi connectivity index (χ4n) is 3.28. The van der Waals surface area contributed by atoms with E-state index < -0.39 is 9.84 Å². The van der Waals surface area contributed by atoms with Crippen LogP contribution in [0.1, 0.15) is 36.2 Å². The van der Waals surface area contributed by atoms with E-state index in [4.69, 9.17) is 0 Å². The van der Waals surface area contributed by atoms with Gasteiger partial charge in [-0.25, -0.2) is 8.42 Å². The van der Waals surface area contributed by atoms with Crippen molar-refractivity contribution in [2.24, 2.45) is 5.92 Å². The Morgan fingerprint density at radius 1 is 1.38 bits per heavy atom. The molecule has 6 nitrogen and oxygen atoms in total. The number of nitrogens with one attached hydrogen (secondary N) is 1. The first-order chi connectivity index (χ1) is 9.96. The molecule has 116 valence electrons. The average Bonchev–Trinajstić information content (AvgIpc) is 3.02. The van der Waals surface area contributed by atoms with Crippen LogP contribution in [-0.2, 0) is 34.0 Å². The van der Waals surface area contributed by atoms with Crippen molar-refractivity contribution in [3.8, 4) is 0 Å². The van der Waals surface area contributed by atoms with E-state index in [1.807, 2.05) is 0 Å². The van der Waals surface area contributed by atoms with Gasteiger partial charge in [-0.2, -0.15) is 5.10 Å². The molecule has 1 fully saturated rings. The molecule has 1 N–H and O–H groups in total. The Hall–Kier alpha value is -1.37. The van der Waals surface area contributed by atoms with E-state index in [2.05, 4.69) is 10.2 Å². The molecule has 1 aliphatic heterocycles. The lowest BCUT2D eigenvalue weighted by Crippen LogP contribution is -2.33. The summed E-state index contributed by atoms with van der Waals surface area (Å²) in [6.07, 6.45) is 4.84. The zero-order chi connectivity index (χ0) is 15.0. The van der Waals surface area contributed by atoms with Gasteiger partial charge in [0.25, 0.3) is 0 Å². The van der Waals surface area contributed by atoms with E-state index in [1.54, 1.807) is 11.9 Å². The lowest BCUT2D eigenvalue weighted by Gasteiger charge is -2.20. The number of sulfone groups is 1. The molecule has 1 amide bonds. The van der Waals surface area contributed by atoms with E-state index in [1.165, 1.54) is 17.7 Å². The first-order valence-corrected chi connectivity index (χ1v) is 9.29. The molecule has 0 unspecified atom stereocenters. The van der Waals surface area contributed by atoms with E-state index in [0.29, 0.717) is 13.0 Å². The number of H-pyrrole nitrogens is 1. The van der Waals surface area contributed by atoms with Crippen LogP contribution in [0.25, 0.3) is 0 Å². The zero-order valence-corrected chi connectivity index (χ0v) is 13.1. The van der Waals surface area contributed by atoms with Crippen molar-refractivity contribution < 1.29 is 13.2 Å². The third-order valence-corrected chi connectivity index (χ3v) is 6.25. The lowest BCUT2D eigenvalue weighted by molar-refractivity contribution is -0.134. The molecular weight excluding hydrogens is 290 g/mol. The second kappa shape index (κ2) is 5.44. The average molecular weight is 311 g/mol. The summed E-state index contributed by atoms with van der Waals surface area (Å²) in [7, 11) is -1.29. The van der Waals surface area contributed by atoms with Crippen LogP contribution in [0.5, 0.6) is 0 Å². The highest BCUT2D eigenvalue weighted by molar-refractivity contribution is 7.91. The van der Waals surface area contributed by atoms with E-state index in [-0.39, 0.29) is 23.3 Å². The van der Waals surface area contributed by atoms with Gasteiger partial charge in [0, 0.05) is 12.7 Å². The Labute approximate surface area is 124 Å². The fourth-order valence-corrected chi connectivity index (χ4v) is 5.02. The second-order valence-corrected chi connectivity index (χ2v) is 8.36. The molecular formula is C14H21N3O3S. The van der Waals surface area contributed by atoms with Gasteiger partial charge in [0.1, 0.15) is 0 Å². The molecule has 0 spiro atoms. The van der Waals surface area contributed by atoms with Crippen LogP contribution >= 0.6 is 0 Å². The van der Waals surface area contributed by atoms with E-state index in [9.17, 15) is 13.2 Å². The molecule has 21 heavy (non-hydrogen) atoms. The van der Waals surface area contributed by atoms with Gasteiger partial charge in [-0.05, 0) is 37.7 Å². The molecule has 7 heteroatoms. The van der Waals surface area contributed by atoms with Gasteiger partial charge >= 0.3 is 0 Å². The van der Waals surface area contributed by atoms with E-state index >= 15 is 0 Å². The van der Waals surface area contributed by atoms with Gasteiger partial charge in [0.05, 0.1) is 29.7 Å². The molecule has 1 aromatic heterocycles. The number of carbonyl (C=O) groups is 1. The Morgan fingerprint density at radius 3 is 2.86 bits per heavy atom. The smallest absolute Gasteiger partial charge is 0.226 e. The monoisotopic (exact) mass is 311 g/mol. The molecule has 0 aromatic carbocycles. The van der Waals surface area contributed by atoms with Crippen LogP contribution in [0.4, 0.5) is 0 Å². The minimum Gasteiger partial charge on any atom is -0.340 e. The number of rotatable bonds is 3. The Morgan fingerprint density at radius 2 is 2.14 bits per heavy atom. The highest BCUT2D eigenvalue weighted by Gasteiger charge is 2.34. The standard InChI is InChI=1S/C14H21N3O3S/c1-17(14(18)10-6-7-21(19,20)9-10)8-13-11-4-2-3-5-12(11)15-16-13/h10H,2-9H2,1H3,(H,15,16)/t10-/m1/s1. The van der Waals surface area contributed by atoms with Crippen molar-refractivity contribution >= 4 is 15.7 Å². The number of hydrogen-bond acceptors (Lipinski definition) is 4. The first-order valence-electron chi connectivity index (χ1n) is 7.46. The Balaban J connectivity index is 1.68. The number of aromatic nitrogens is 2. The third kappa shape index (κ3) is 2.97. The molecule has 2 aliphatic rings. The zero-order valence-electron chi connectivity index (χ0n) is 12.3. The number of fused-ring (bicyclic) bond motifs is 1. The van der Waals surface area contributed by atoms with Crippen LogP contribution < -0.4 is 0 Å². The largest absolute Gasteiger partial charge is 0.340 e. The van der Waals surface area contributed by atoms with Crippen molar-refractivity contribution in [1.82, 2.24) is 15.1 Å². The molecule has 1 aromatic rings. The third-order valence-electron chi connectivity index (χ3n) is 4.49. The predicted octanol–water partition coefficient (Wildman–Crippen LogP) is 0.682. The van der Waals surface area contributed by atoms with E-state index in [0.717, 1.165) is 25.0 Å². The molecule has 3 rings (SSSR count). The minimum atomic E-state index is -3.02. The topological polar surface area (TPSA) is 83.1 Å². The quantitative estimate of drug-likeness (QED) is 0.890. The number of nitrogens with zero attached hydrogens (tertiary/aromatic N) is 2. The number of aromatic amines is 1. The summed E-state index contributed by atoms with van der Waals surface area (Å²) in [5.74, 6) is -0.331. The van der Waals surface area contributed by atoms with Gasteiger partial charge in [-0.15, -0.1) is 0 Å². The fraction of sp³-hybridized carbons (Fsp3) is 0.714. The maximum Gasteiger partial charge on any atom is 0.226 e. The second-order valence-electron chi connectivity index (χ2n) is 6.13. The molecule has 0 radical (unpaired) electrons. The van der Waals surface area contributed by atoms with Crippen LogP contribution in [0.3, 0.4) is 0 Å². The maximum absolute atomic E-state index is 12.4. The summed E-state index contributed by atoms with van der Waals surface area (Å²) in [5.41, 5.74) is 3.38. The van der Waals surface area contributed by atoms with Crippen LogP contribution in [0.2, 0.25) is 0 Å². The summed E-state index contributed by atoms with van der Waals surface area (Å²) in [6.45, 7) is 0.460. The number of amides is 1. The molecule has 0 bridgehead atoms. The van der Waals surface area contributed by atoms with Crippen molar-refractivity contribution in [2.45, 2.75) is 38.6 Å². The van der Waals surface area contributed by atoms with Crippen LogP contribution in [0, 0.1) is 5.92 Å². The van der Waals surface area contributed by atoms with Gasteiger partial charge < -0.3 is 4.90 Å². The summed E-state index contributed by atoms with van der Waals surface area (Å²) in [4.78, 5) is 14.0. The van der Waals surface area contributed by atoms with Gasteiger partial charge in [-0.3, -0.25) is 9.89 Å². The predicted molar refractivity (Wildman–Crippen MR) is 78.5 cm³/mol. The summed E-state index contributed by atoms with van der Waals surface area (Å²) in [5, 5.41) is 7.41. The molecule has 1 atom stereocenters. The number of carbonyl (C=O) groups excluding carboxylic acids is 1. The summed E-state index contributed by atoms with van der Waals surface area (Å²) >= 11 is 0. The van der Waals surface area contributed by atoms with Gasteiger partial charge in [-0.1, -0.05) is 0 Å². The van der Waals surface area contributed by atoms with Crippen LogP contribution in [0.15, 0.2) is 0 Å². The van der Waals surface area contributed by atoms with Crippen LogP contribution in [-0.4, -0.2) is 48.0 Å². The lowest BCUT2D eigenvalue weighted by atomic mass is 9.96. The molecule has 0 saturated carbocycles. The SMILES string of the molecule is CN(Cc1n[nH]c2c1CCCC2)C(=O)[C@@H]1CCS(=O)(=O)C1. The van der Waals surface area contributed by atoms with Gasteiger partial charge in [0.15, 0.2) is 9.84 Å². The highest BCUT2D eigenvalue weighted by Crippen LogP contribution is 2.24. The van der Waals surface area contributed by atoms with Crippen molar-refractivity contribution in [3.63, 3.8) is 0 Å². The van der Waals surface area contributed by atoms with Crippen molar-refractivity contribution in [1.29, 1.82) is 0 Å². The summed E-state index contributed by atoms with van der Waals surface area (Å²) in [6, 6.07) is 0. The first kappa shape index (κ1) is 14.6. The van der Waals surface area contributed by atoms with Crippen molar-refractivity contribution in [3.05, 3.63) is 17.0 Å². The number of aryl methyl sites for hydroxylation is 1. The maximum atomic E-state index is 12.4. The molecule has 2 heterocycles. The normalized spacial score (nSPS) is 23.8. The highest BCUT2D eigenvalue weighted by atomic mass is 32.2. The van der Waals surface area contributed by atoms with Crippen molar-refractivity contribution in [2.75, 3.05) is 18.6 Å².